The van der Waals surface area contributed by atoms with Crippen molar-refractivity contribution in [2.24, 2.45) is 16.7 Å². The minimum Gasteiger partial charge on any atom is -0.455 e. The molecule has 0 amide bonds. The van der Waals surface area contributed by atoms with Gasteiger partial charge in [0.2, 0.25) is 0 Å². The highest BCUT2D eigenvalue weighted by Gasteiger charge is 2.64. The fraction of sp³-hybridized carbons (Fsp3) is 0.522. The normalized spacial score (nSPS) is 35.0. The summed E-state index contributed by atoms with van der Waals surface area (Å²) in [5.41, 5.74) is -3.10. The van der Waals surface area contributed by atoms with Crippen LogP contribution in [0.15, 0.2) is 48.1 Å². The molecular formula is C23H30O5. The lowest BCUT2D eigenvalue weighted by atomic mass is 9.46. The number of rotatable bonds is 6. The molecule has 0 aliphatic heterocycles. The summed E-state index contributed by atoms with van der Waals surface area (Å²) in [5.74, 6) is -0.833. The number of fused-ring (bicyclic) bond motifs is 1. The Bertz CT molecular complexity index is 742. The van der Waals surface area contributed by atoms with Crippen molar-refractivity contribution in [1.29, 1.82) is 0 Å². The molecule has 28 heavy (non-hydrogen) atoms. The predicted octanol–water partition coefficient (Wildman–Crippen LogP) is 3.49. The zero-order valence-electron chi connectivity index (χ0n) is 17.1. The molecule has 0 aromatic carbocycles. The minimum atomic E-state index is -1.88. The first-order valence-corrected chi connectivity index (χ1v) is 9.69. The van der Waals surface area contributed by atoms with Crippen molar-refractivity contribution in [3.63, 3.8) is 0 Å². The maximum Gasteiger partial charge on any atom is 0.331 e. The first-order valence-electron chi connectivity index (χ1n) is 9.69. The first-order chi connectivity index (χ1) is 13.2. The lowest BCUT2D eigenvalue weighted by Gasteiger charge is -2.59. The largest absolute Gasteiger partial charge is 0.455 e. The highest BCUT2D eigenvalue weighted by atomic mass is 16.5. The van der Waals surface area contributed by atoms with Crippen molar-refractivity contribution in [3.8, 4) is 0 Å². The maximum absolute atomic E-state index is 12.3. The summed E-state index contributed by atoms with van der Waals surface area (Å²) in [4.78, 5) is 35.9. The fourth-order valence-electron chi connectivity index (χ4n) is 5.03. The van der Waals surface area contributed by atoms with E-state index in [1.807, 2.05) is 26.0 Å². The molecule has 152 valence electrons. The van der Waals surface area contributed by atoms with Gasteiger partial charge < -0.3 is 9.84 Å². The van der Waals surface area contributed by atoms with E-state index in [0.29, 0.717) is 19.0 Å². The van der Waals surface area contributed by atoms with E-state index in [1.165, 1.54) is 12.2 Å². The van der Waals surface area contributed by atoms with Gasteiger partial charge in [0.25, 0.3) is 0 Å². The van der Waals surface area contributed by atoms with Crippen LogP contribution < -0.4 is 0 Å². The molecule has 4 atom stereocenters. The molecular weight excluding hydrogens is 356 g/mol. The molecule has 1 N–H and O–H groups in total. The molecule has 0 heterocycles. The van der Waals surface area contributed by atoms with Crippen LogP contribution in [0.2, 0.25) is 0 Å². The molecule has 0 spiro atoms. The van der Waals surface area contributed by atoms with Crippen LogP contribution in [-0.2, 0) is 19.1 Å². The quantitative estimate of drug-likeness (QED) is 0.327. The van der Waals surface area contributed by atoms with Crippen LogP contribution in [0.25, 0.3) is 0 Å². The van der Waals surface area contributed by atoms with Gasteiger partial charge in [0.15, 0.2) is 11.9 Å². The molecule has 0 unspecified atom stereocenters. The molecule has 0 saturated heterocycles. The van der Waals surface area contributed by atoms with E-state index in [1.54, 1.807) is 18.2 Å². The van der Waals surface area contributed by atoms with Crippen LogP contribution in [0.4, 0.5) is 0 Å². The molecule has 2 aliphatic carbocycles. The third kappa shape index (κ3) is 3.81. The summed E-state index contributed by atoms with van der Waals surface area (Å²) in [6, 6.07) is 0. The van der Waals surface area contributed by atoms with Crippen LogP contribution in [0.5, 0.6) is 0 Å². The molecule has 1 saturated carbocycles. The fourth-order valence-corrected chi connectivity index (χ4v) is 5.03. The van der Waals surface area contributed by atoms with Gasteiger partial charge >= 0.3 is 5.97 Å². The number of esters is 1. The van der Waals surface area contributed by atoms with Gasteiger partial charge in [-0.3, -0.25) is 9.59 Å². The van der Waals surface area contributed by atoms with Crippen molar-refractivity contribution in [2.45, 2.75) is 58.7 Å². The second-order valence-corrected chi connectivity index (χ2v) is 8.53. The van der Waals surface area contributed by atoms with Crippen molar-refractivity contribution >= 4 is 18.5 Å². The molecule has 5 nitrogen and oxygen atoms in total. The van der Waals surface area contributed by atoms with E-state index in [4.69, 9.17) is 4.74 Å². The lowest BCUT2D eigenvalue weighted by molar-refractivity contribution is -0.184. The predicted molar refractivity (Wildman–Crippen MR) is 107 cm³/mol. The monoisotopic (exact) mass is 386 g/mol. The minimum absolute atomic E-state index is 0.0336. The van der Waals surface area contributed by atoms with E-state index in [9.17, 15) is 19.5 Å². The molecule has 5 heteroatoms. The van der Waals surface area contributed by atoms with Gasteiger partial charge in [0.1, 0.15) is 12.4 Å². The summed E-state index contributed by atoms with van der Waals surface area (Å²) in [5, 5.41) is 11.2. The van der Waals surface area contributed by atoms with Crippen LogP contribution in [0, 0.1) is 16.7 Å². The number of aliphatic hydroxyl groups is 1. The molecule has 2 aliphatic rings. The summed E-state index contributed by atoms with van der Waals surface area (Å²) in [7, 11) is 0. The van der Waals surface area contributed by atoms with Crippen LogP contribution in [0.3, 0.4) is 0 Å². The highest BCUT2D eigenvalue weighted by molar-refractivity contribution is 5.89. The van der Waals surface area contributed by atoms with Crippen LogP contribution in [-0.4, -0.2) is 35.4 Å². The Kier molecular flexibility index (Phi) is 6.60. The van der Waals surface area contributed by atoms with Gasteiger partial charge in [-0.25, -0.2) is 4.79 Å². The van der Waals surface area contributed by atoms with E-state index in [2.05, 4.69) is 13.8 Å². The molecule has 1 fully saturated rings. The van der Waals surface area contributed by atoms with E-state index in [-0.39, 0.29) is 16.9 Å². The summed E-state index contributed by atoms with van der Waals surface area (Å²) in [6.07, 6.45) is 14.1. The number of carbonyl (C=O) groups is 3. The third-order valence-corrected chi connectivity index (χ3v) is 6.34. The van der Waals surface area contributed by atoms with Gasteiger partial charge in [-0.2, -0.15) is 0 Å². The Morgan fingerprint density at radius 1 is 1.14 bits per heavy atom. The van der Waals surface area contributed by atoms with Gasteiger partial charge in [-0.15, -0.1) is 0 Å². The zero-order chi connectivity index (χ0) is 21.0. The van der Waals surface area contributed by atoms with Gasteiger partial charge in [0, 0.05) is 23.0 Å². The Hall–Kier alpha value is -2.27. The summed E-state index contributed by atoms with van der Waals surface area (Å²) in [6.45, 7) is 7.82. The third-order valence-electron chi connectivity index (χ3n) is 6.34. The van der Waals surface area contributed by atoms with Crippen LogP contribution >= 0.6 is 0 Å². The molecule has 2 rings (SSSR count). The van der Waals surface area contributed by atoms with Crippen LogP contribution in [0.1, 0.15) is 47.0 Å². The molecule has 0 radical (unpaired) electrons. The number of hydrogen-bond acceptors (Lipinski definition) is 5. The smallest absolute Gasteiger partial charge is 0.331 e. The number of hydrogen-bond donors (Lipinski definition) is 1. The lowest BCUT2D eigenvalue weighted by Crippen LogP contribution is -2.64. The van der Waals surface area contributed by atoms with Gasteiger partial charge in [0.05, 0.1) is 0 Å². The molecule has 0 bridgehead atoms. The second-order valence-electron chi connectivity index (χ2n) is 8.53. The van der Waals surface area contributed by atoms with E-state index >= 15 is 0 Å². The maximum atomic E-state index is 12.3. The van der Waals surface area contributed by atoms with Crippen molar-refractivity contribution in [3.05, 3.63) is 48.1 Å². The Morgan fingerprint density at radius 3 is 2.43 bits per heavy atom. The first kappa shape index (κ1) is 22.0. The zero-order valence-corrected chi connectivity index (χ0v) is 17.1. The number of allylic oxidation sites excluding steroid dienone is 5. The van der Waals surface area contributed by atoms with Crippen molar-refractivity contribution in [1.82, 2.24) is 0 Å². The van der Waals surface area contributed by atoms with E-state index in [0.717, 1.165) is 12.8 Å². The number of carbonyl (C=O) groups excluding carboxylic acids is 3. The molecule has 0 aromatic heterocycles. The Labute approximate surface area is 166 Å². The molecule has 0 aromatic rings. The second kappa shape index (κ2) is 8.39. The standard InChI is InChI=1S/C23H30O5/c1-5-6-7-8-9-11-19(26)28-18-14-17(15-24)23(27,16-25)22(4)13-10-12-21(2,3)20(18)22/h5-9,11,14-16,18,20,27H,10,12-13H2,1-4H3/b6-5+,8-7+,11-9?/t18-,20+,22+,23-/m1/s1. The summed E-state index contributed by atoms with van der Waals surface area (Å²) >= 11 is 0. The van der Waals surface area contributed by atoms with E-state index < -0.39 is 23.1 Å². The number of ether oxygens (including phenoxy) is 1. The average molecular weight is 386 g/mol. The van der Waals surface area contributed by atoms with Gasteiger partial charge in [-0.05, 0) is 31.3 Å². The SMILES string of the molecule is C/C=C/C=C/C=CC(=O)O[C@@H]1C=C(C=O)[C@](O)(C=O)[C@@]2(C)CCCC(C)(C)[C@H]12. The Balaban J connectivity index is 2.41. The van der Waals surface area contributed by atoms with Crippen molar-refractivity contribution < 1.29 is 24.2 Å². The summed E-state index contributed by atoms with van der Waals surface area (Å²) < 4.78 is 5.70. The van der Waals surface area contributed by atoms with Crippen molar-refractivity contribution in [2.75, 3.05) is 0 Å². The van der Waals surface area contributed by atoms with Gasteiger partial charge in [-0.1, -0.05) is 57.6 Å². The number of aldehydes is 2. The highest BCUT2D eigenvalue weighted by Crippen LogP contribution is 2.60. The topological polar surface area (TPSA) is 80.7 Å². The average Bonchev–Trinajstić information content (AvgIpc) is 2.63. The Morgan fingerprint density at radius 2 is 1.82 bits per heavy atom.